The highest BCUT2D eigenvalue weighted by Gasteiger charge is 2.36. The van der Waals surface area contributed by atoms with Crippen LogP contribution >= 0.6 is 0 Å². The minimum Gasteiger partial charge on any atom is -0.344 e. The van der Waals surface area contributed by atoms with Gasteiger partial charge in [-0.05, 0) is 46.0 Å². The standard InChI is InChI=1S/C14H17NO2/c1-8(16)13-11-5-3-4-10-6-7-12(15(10)11)14(13)9(2)17/h10H,3-7H2,1-2H3. The van der Waals surface area contributed by atoms with Gasteiger partial charge in [-0.15, -0.1) is 0 Å². The first-order valence-electron chi connectivity index (χ1n) is 6.39. The average molecular weight is 231 g/mol. The predicted octanol–water partition coefficient (Wildman–Crippen LogP) is 2.72. The molecule has 0 saturated carbocycles. The van der Waals surface area contributed by atoms with E-state index in [1.807, 2.05) is 0 Å². The summed E-state index contributed by atoms with van der Waals surface area (Å²) in [5, 5.41) is 0. The van der Waals surface area contributed by atoms with Gasteiger partial charge in [0, 0.05) is 28.6 Å². The van der Waals surface area contributed by atoms with Crippen molar-refractivity contribution in [2.75, 3.05) is 0 Å². The van der Waals surface area contributed by atoms with Crippen LogP contribution in [-0.2, 0) is 12.8 Å². The quantitative estimate of drug-likeness (QED) is 0.734. The molecule has 3 rings (SSSR count). The Morgan fingerprint density at radius 2 is 1.59 bits per heavy atom. The fourth-order valence-corrected chi connectivity index (χ4v) is 3.59. The molecule has 0 aromatic carbocycles. The third-order valence-electron chi connectivity index (χ3n) is 4.14. The summed E-state index contributed by atoms with van der Waals surface area (Å²) in [6.07, 6.45) is 5.39. The van der Waals surface area contributed by atoms with Gasteiger partial charge in [-0.1, -0.05) is 0 Å². The van der Waals surface area contributed by atoms with E-state index in [0.717, 1.165) is 48.2 Å². The molecule has 1 aromatic heterocycles. The highest BCUT2D eigenvalue weighted by Crippen LogP contribution is 2.41. The average Bonchev–Trinajstić information content (AvgIpc) is 2.82. The van der Waals surface area contributed by atoms with Gasteiger partial charge in [0.05, 0.1) is 0 Å². The van der Waals surface area contributed by atoms with Crippen LogP contribution in [0.1, 0.15) is 71.3 Å². The Morgan fingerprint density at radius 3 is 2.18 bits per heavy atom. The minimum atomic E-state index is 0.0488. The second-order valence-corrected chi connectivity index (χ2v) is 5.21. The summed E-state index contributed by atoms with van der Waals surface area (Å²) in [7, 11) is 0. The molecule has 0 saturated heterocycles. The number of Topliss-reactive ketones (excluding diaryl/α,β-unsaturated/α-hetero) is 2. The fraction of sp³-hybridized carbons (Fsp3) is 0.571. The van der Waals surface area contributed by atoms with E-state index in [1.165, 1.54) is 6.42 Å². The second kappa shape index (κ2) is 3.56. The number of nitrogens with zero attached hydrogens (tertiary/aromatic N) is 1. The van der Waals surface area contributed by atoms with Crippen LogP contribution in [0.15, 0.2) is 0 Å². The summed E-state index contributed by atoms with van der Waals surface area (Å²) in [6, 6.07) is 0.542. The van der Waals surface area contributed by atoms with Gasteiger partial charge in [-0.2, -0.15) is 0 Å². The van der Waals surface area contributed by atoms with Gasteiger partial charge in [-0.3, -0.25) is 9.59 Å². The maximum Gasteiger partial charge on any atom is 0.162 e. The number of hydrogen-bond acceptors (Lipinski definition) is 2. The molecule has 90 valence electrons. The first kappa shape index (κ1) is 10.8. The van der Waals surface area contributed by atoms with E-state index < -0.39 is 0 Å². The smallest absolute Gasteiger partial charge is 0.162 e. The summed E-state index contributed by atoms with van der Waals surface area (Å²) in [4.78, 5) is 23.6. The normalized spacial score (nSPS) is 21.4. The SMILES string of the molecule is CC(=O)c1c(C(C)=O)c2n3c1CCCC3CC2. The maximum atomic E-state index is 11.8. The van der Waals surface area contributed by atoms with Crippen LogP contribution in [0.4, 0.5) is 0 Å². The second-order valence-electron chi connectivity index (χ2n) is 5.21. The zero-order valence-electron chi connectivity index (χ0n) is 10.4. The van der Waals surface area contributed by atoms with Gasteiger partial charge in [0.25, 0.3) is 0 Å². The first-order chi connectivity index (χ1) is 8.11. The maximum absolute atomic E-state index is 11.8. The van der Waals surface area contributed by atoms with Crippen molar-refractivity contribution in [3.8, 4) is 0 Å². The summed E-state index contributed by atoms with van der Waals surface area (Å²) < 4.78 is 2.30. The molecule has 3 heteroatoms. The van der Waals surface area contributed by atoms with Crippen LogP contribution < -0.4 is 0 Å². The molecule has 2 aliphatic heterocycles. The lowest BCUT2D eigenvalue weighted by atomic mass is 9.94. The molecule has 0 amide bonds. The lowest BCUT2D eigenvalue weighted by molar-refractivity contribution is 0.0980. The Bertz CT molecular complexity index is 510. The fourth-order valence-electron chi connectivity index (χ4n) is 3.59. The van der Waals surface area contributed by atoms with E-state index in [0.29, 0.717) is 6.04 Å². The third-order valence-corrected chi connectivity index (χ3v) is 4.14. The van der Waals surface area contributed by atoms with Crippen molar-refractivity contribution in [2.24, 2.45) is 0 Å². The van der Waals surface area contributed by atoms with E-state index in [-0.39, 0.29) is 11.6 Å². The topological polar surface area (TPSA) is 39.1 Å². The molecule has 1 aromatic rings. The zero-order valence-corrected chi connectivity index (χ0v) is 10.4. The molecule has 3 heterocycles. The Labute approximate surface area is 101 Å². The van der Waals surface area contributed by atoms with Gasteiger partial charge in [0.15, 0.2) is 11.6 Å². The number of carbonyl (C=O) groups is 2. The van der Waals surface area contributed by atoms with Crippen molar-refractivity contribution in [1.82, 2.24) is 4.57 Å². The van der Waals surface area contributed by atoms with Crippen molar-refractivity contribution in [1.29, 1.82) is 0 Å². The molecule has 3 nitrogen and oxygen atoms in total. The van der Waals surface area contributed by atoms with Crippen molar-refractivity contribution in [3.63, 3.8) is 0 Å². The van der Waals surface area contributed by atoms with Gasteiger partial charge >= 0.3 is 0 Å². The highest BCUT2D eigenvalue weighted by atomic mass is 16.1. The van der Waals surface area contributed by atoms with E-state index in [2.05, 4.69) is 4.57 Å². The largest absolute Gasteiger partial charge is 0.344 e. The highest BCUT2D eigenvalue weighted by molar-refractivity contribution is 6.09. The monoisotopic (exact) mass is 231 g/mol. The predicted molar refractivity (Wildman–Crippen MR) is 64.7 cm³/mol. The summed E-state index contributed by atoms with van der Waals surface area (Å²) in [5.74, 6) is 0.0977. The number of hydrogen-bond donors (Lipinski definition) is 0. The number of ketones is 2. The summed E-state index contributed by atoms with van der Waals surface area (Å²) in [5.41, 5.74) is 3.70. The first-order valence-corrected chi connectivity index (χ1v) is 6.39. The van der Waals surface area contributed by atoms with Gasteiger partial charge < -0.3 is 4.57 Å². The van der Waals surface area contributed by atoms with Gasteiger partial charge in [0.1, 0.15) is 0 Å². The zero-order chi connectivity index (χ0) is 12.2. The Kier molecular flexibility index (Phi) is 2.25. The van der Waals surface area contributed by atoms with Crippen molar-refractivity contribution in [2.45, 2.75) is 52.0 Å². The summed E-state index contributed by atoms with van der Waals surface area (Å²) in [6.45, 7) is 3.16. The molecular weight excluding hydrogens is 214 g/mol. The molecule has 0 spiro atoms. The van der Waals surface area contributed by atoms with Crippen LogP contribution in [0, 0.1) is 0 Å². The Balaban J connectivity index is 2.32. The molecular formula is C14H17NO2. The molecule has 0 N–H and O–H groups in total. The molecule has 0 fully saturated rings. The molecule has 0 aliphatic carbocycles. The third kappa shape index (κ3) is 1.34. The lowest BCUT2D eigenvalue weighted by Gasteiger charge is -2.23. The van der Waals surface area contributed by atoms with Crippen molar-refractivity contribution >= 4 is 11.6 Å². The van der Waals surface area contributed by atoms with E-state index >= 15 is 0 Å². The van der Waals surface area contributed by atoms with Gasteiger partial charge in [0.2, 0.25) is 0 Å². The Hall–Kier alpha value is -1.38. The number of aromatic nitrogens is 1. The minimum absolute atomic E-state index is 0.0488. The van der Waals surface area contributed by atoms with Crippen LogP contribution in [0.3, 0.4) is 0 Å². The van der Waals surface area contributed by atoms with E-state index in [9.17, 15) is 9.59 Å². The number of rotatable bonds is 2. The van der Waals surface area contributed by atoms with E-state index in [4.69, 9.17) is 0 Å². The van der Waals surface area contributed by atoms with Crippen LogP contribution in [-0.4, -0.2) is 16.1 Å². The van der Waals surface area contributed by atoms with Crippen molar-refractivity contribution in [3.05, 3.63) is 22.5 Å². The lowest BCUT2D eigenvalue weighted by Crippen LogP contribution is -2.15. The van der Waals surface area contributed by atoms with Crippen LogP contribution in [0.2, 0.25) is 0 Å². The molecule has 1 atom stereocenters. The van der Waals surface area contributed by atoms with Crippen LogP contribution in [0.5, 0.6) is 0 Å². The summed E-state index contributed by atoms with van der Waals surface area (Å²) >= 11 is 0. The van der Waals surface area contributed by atoms with E-state index in [1.54, 1.807) is 13.8 Å². The van der Waals surface area contributed by atoms with Crippen molar-refractivity contribution < 1.29 is 9.59 Å². The number of carbonyl (C=O) groups excluding carboxylic acids is 2. The molecule has 0 radical (unpaired) electrons. The molecule has 1 unspecified atom stereocenters. The van der Waals surface area contributed by atoms with Gasteiger partial charge in [-0.25, -0.2) is 0 Å². The van der Waals surface area contributed by atoms with Crippen LogP contribution in [0.25, 0.3) is 0 Å². The molecule has 0 bridgehead atoms. The Morgan fingerprint density at radius 1 is 1.00 bits per heavy atom. The molecule has 17 heavy (non-hydrogen) atoms. The molecule has 2 aliphatic rings.